The van der Waals surface area contributed by atoms with Gasteiger partial charge in [-0.1, -0.05) is 0 Å². The van der Waals surface area contributed by atoms with Crippen LogP contribution >= 0.6 is 0 Å². The number of hydrogen-bond donors (Lipinski definition) is 6. The molecule has 0 aliphatic carbocycles. The molecule has 6 N–H and O–H groups in total. The second-order valence-corrected chi connectivity index (χ2v) is 2.55. The minimum Gasteiger partial charge on any atom is -0.479 e. The zero-order valence-corrected chi connectivity index (χ0v) is 6.81. The van der Waals surface area contributed by atoms with E-state index in [2.05, 4.69) is 0 Å². The third-order valence-electron chi connectivity index (χ3n) is 1.50. The molecule has 9 heteroatoms. The molecule has 0 aromatic carbocycles. The highest BCUT2D eigenvalue weighted by molar-refractivity contribution is 5.75. The third kappa shape index (κ3) is 4.73. The van der Waals surface area contributed by atoms with Crippen LogP contribution in [0.25, 0.3) is 0 Å². The lowest BCUT2D eigenvalue weighted by Gasteiger charge is -2.21. The standard InChI is InChI=1S/C6H10O8.Mg.2H/c7-1(3(9)5(11)12)2(8)4(10)6(13)14;;;/h1-4,7-10H,(H,11,12)(H,13,14);;;. The zero-order chi connectivity index (χ0) is 11.5. The zero-order valence-electron chi connectivity index (χ0n) is 6.81. The molecular formula is C6H12MgO8. The smallest absolute Gasteiger partial charge is 0.335 e. The van der Waals surface area contributed by atoms with Crippen LogP contribution in [0.4, 0.5) is 0 Å². The van der Waals surface area contributed by atoms with Crippen molar-refractivity contribution in [2.24, 2.45) is 0 Å². The molecule has 0 aromatic heterocycles. The number of rotatable bonds is 5. The molecule has 0 aliphatic heterocycles. The van der Waals surface area contributed by atoms with Crippen LogP contribution in [0.1, 0.15) is 0 Å². The summed E-state index contributed by atoms with van der Waals surface area (Å²) in [6.45, 7) is 0. The number of aliphatic hydroxyl groups excluding tert-OH is 4. The summed E-state index contributed by atoms with van der Waals surface area (Å²) in [4.78, 5) is 20.2. The molecule has 0 aliphatic rings. The fourth-order valence-electron chi connectivity index (χ4n) is 0.666. The first-order valence-corrected chi connectivity index (χ1v) is 3.47. The predicted molar refractivity (Wildman–Crippen MR) is 47.8 cm³/mol. The van der Waals surface area contributed by atoms with E-state index in [0.29, 0.717) is 0 Å². The summed E-state index contributed by atoms with van der Waals surface area (Å²) in [5.74, 6) is -3.68. The number of carboxylic acid groups (broad SMARTS) is 2. The van der Waals surface area contributed by atoms with Crippen molar-refractivity contribution in [1.29, 1.82) is 0 Å². The average molecular weight is 236 g/mol. The van der Waals surface area contributed by atoms with Crippen molar-refractivity contribution in [2.75, 3.05) is 0 Å². The normalized spacial score (nSPS) is 18.1. The Morgan fingerprint density at radius 1 is 0.733 bits per heavy atom. The highest BCUT2D eigenvalue weighted by Crippen LogP contribution is 2.05. The molecule has 86 valence electrons. The Hall–Kier alpha value is -0.454. The second kappa shape index (κ2) is 6.93. The first-order chi connectivity index (χ1) is 6.29. The molecule has 0 radical (unpaired) electrons. The third-order valence-corrected chi connectivity index (χ3v) is 1.50. The van der Waals surface area contributed by atoms with Crippen molar-refractivity contribution in [3.05, 3.63) is 0 Å². The van der Waals surface area contributed by atoms with Crippen molar-refractivity contribution in [3.8, 4) is 0 Å². The van der Waals surface area contributed by atoms with Gasteiger partial charge in [0.15, 0.2) is 12.2 Å². The summed E-state index contributed by atoms with van der Waals surface area (Å²) in [5.41, 5.74) is 0. The molecule has 4 unspecified atom stereocenters. The fourth-order valence-corrected chi connectivity index (χ4v) is 0.666. The summed E-state index contributed by atoms with van der Waals surface area (Å²) < 4.78 is 0. The number of aliphatic hydroxyl groups is 4. The van der Waals surface area contributed by atoms with Crippen LogP contribution in [-0.4, -0.2) is 90.0 Å². The van der Waals surface area contributed by atoms with Crippen LogP contribution in [0.15, 0.2) is 0 Å². The minimum absolute atomic E-state index is 0. The number of carboxylic acids is 2. The lowest BCUT2D eigenvalue weighted by Crippen LogP contribution is -2.49. The Kier molecular flexibility index (Phi) is 7.83. The topological polar surface area (TPSA) is 156 Å². The molecule has 0 fully saturated rings. The first kappa shape index (κ1) is 17.0. The molecule has 0 amide bonds. The van der Waals surface area contributed by atoms with Gasteiger partial charge in [0.1, 0.15) is 12.2 Å². The van der Waals surface area contributed by atoms with E-state index in [-0.39, 0.29) is 23.1 Å². The Balaban J connectivity index is 0. The molecule has 15 heavy (non-hydrogen) atoms. The monoisotopic (exact) mass is 236 g/mol. The molecule has 0 aromatic rings. The highest BCUT2D eigenvalue weighted by atomic mass is 24.3. The van der Waals surface area contributed by atoms with Crippen molar-refractivity contribution < 1.29 is 40.2 Å². The lowest BCUT2D eigenvalue weighted by atomic mass is 10.0. The summed E-state index contributed by atoms with van der Waals surface area (Å²) >= 11 is 0. The van der Waals surface area contributed by atoms with Crippen LogP contribution < -0.4 is 0 Å². The molecule has 4 atom stereocenters. The maximum atomic E-state index is 10.1. The molecule has 0 spiro atoms. The Morgan fingerprint density at radius 2 is 0.933 bits per heavy atom. The summed E-state index contributed by atoms with van der Waals surface area (Å²) in [6, 6.07) is 0. The van der Waals surface area contributed by atoms with Crippen LogP contribution in [0.3, 0.4) is 0 Å². The molecular weight excluding hydrogens is 224 g/mol. The van der Waals surface area contributed by atoms with E-state index < -0.39 is 36.4 Å². The van der Waals surface area contributed by atoms with E-state index in [9.17, 15) is 9.59 Å². The van der Waals surface area contributed by atoms with E-state index in [0.717, 1.165) is 0 Å². The molecule has 0 heterocycles. The predicted octanol–water partition coefficient (Wildman–Crippen LogP) is -4.32. The van der Waals surface area contributed by atoms with Gasteiger partial charge in [0.2, 0.25) is 0 Å². The van der Waals surface area contributed by atoms with Gasteiger partial charge in [0.25, 0.3) is 0 Å². The summed E-state index contributed by atoms with van der Waals surface area (Å²) in [7, 11) is 0. The largest absolute Gasteiger partial charge is 0.479 e. The second-order valence-electron chi connectivity index (χ2n) is 2.55. The van der Waals surface area contributed by atoms with Crippen LogP contribution in [0.2, 0.25) is 0 Å². The van der Waals surface area contributed by atoms with Gasteiger partial charge < -0.3 is 30.6 Å². The van der Waals surface area contributed by atoms with Gasteiger partial charge in [0.05, 0.1) is 0 Å². The maximum absolute atomic E-state index is 10.1. The Morgan fingerprint density at radius 3 is 1.07 bits per heavy atom. The van der Waals surface area contributed by atoms with Gasteiger partial charge in [-0.15, -0.1) is 0 Å². The minimum atomic E-state index is -2.36. The molecule has 8 nitrogen and oxygen atoms in total. The van der Waals surface area contributed by atoms with Crippen LogP contribution in [-0.2, 0) is 9.59 Å². The maximum Gasteiger partial charge on any atom is 0.335 e. The summed E-state index contributed by atoms with van der Waals surface area (Å²) in [6.07, 6.45) is -9.28. The van der Waals surface area contributed by atoms with Crippen LogP contribution in [0, 0.1) is 0 Å². The molecule has 0 rings (SSSR count). The Labute approximate surface area is 99.9 Å². The molecule has 0 saturated carbocycles. The number of hydrogen-bond acceptors (Lipinski definition) is 6. The number of aliphatic carboxylic acids is 2. The van der Waals surface area contributed by atoms with E-state index in [1.165, 1.54) is 0 Å². The van der Waals surface area contributed by atoms with Gasteiger partial charge >= 0.3 is 35.0 Å². The van der Waals surface area contributed by atoms with Crippen LogP contribution in [0.5, 0.6) is 0 Å². The average Bonchev–Trinajstić information content (AvgIpc) is 2.12. The van der Waals surface area contributed by atoms with Crippen molar-refractivity contribution in [3.63, 3.8) is 0 Å². The SMILES string of the molecule is O=C(O)C(O)C(O)C(O)C(O)C(=O)O.[MgH2]. The number of carbonyl (C=O) groups is 2. The van der Waals surface area contributed by atoms with Gasteiger partial charge in [-0.05, 0) is 0 Å². The molecule has 0 saturated heterocycles. The van der Waals surface area contributed by atoms with E-state index >= 15 is 0 Å². The Bertz CT molecular complexity index is 207. The van der Waals surface area contributed by atoms with E-state index in [1.54, 1.807) is 0 Å². The van der Waals surface area contributed by atoms with Gasteiger partial charge in [-0.25, -0.2) is 9.59 Å². The van der Waals surface area contributed by atoms with E-state index in [4.69, 9.17) is 30.6 Å². The van der Waals surface area contributed by atoms with E-state index in [1.807, 2.05) is 0 Å². The summed E-state index contributed by atoms with van der Waals surface area (Å²) in [5, 5.41) is 51.5. The quantitative estimate of drug-likeness (QED) is 0.262. The molecule has 0 bridgehead atoms. The van der Waals surface area contributed by atoms with Crippen molar-refractivity contribution >= 4 is 35.0 Å². The van der Waals surface area contributed by atoms with Crippen molar-refractivity contribution in [1.82, 2.24) is 0 Å². The highest BCUT2D eigenvalue weighted by Gasteiger charge is 2.37. The fraction of sp³-hybridized carbons (Fsp3) is 0.667. The van der Waals surface area contributed by atoms with Gasteiger partial charge in [0, 0.05) is 0 Å². The van der Waals surface area contributed by atoms with Crippen molar-refractivity contribution in [2.45, 2.75) is 24.4 Å². The lowest BCUT2D eigenvalue weighted by molar-refractivity contribution is -0.172. The van der Waals surface area contributed by atoms with Gasteiger partial charge in [-0.2, -0.15) is 0 Å². The van der Waals surface area contributed by atoms with Gasteiger partial charge in [-0.3, -0.25) is 0 Å². The first-order valence-electron chi connectivity index (χ1n) is 3.47.